The third kappa shape index (κ3) is 6.42. The molecule has 2 rings (SSSR count). The molecule has 9 heteroatoms. The molecule has 0 aromatic heterocycles. The van der Waals surface area contributed by atoms with Crippen LogP contribution in [0, 0.1) is 5.92 Å². The number of amides is 2. The van der Waals surface area contributed by atoms with Gasteiger partial charge in [-0.15, -0.1) is 0 Å². The lowest BCUT2D eigenvalue weighted by molar-refractivity contribution is -0.125. The van der Waals surface area contributed by atoms with E-state index in [-0.39, 0.29) is 39.3 Å². The van der Waals surface area contributed by atoms with Gasteiger partial charge in [0.2, 0.25) is 15.9 Å². The van der Waals surface area contributed by atoms with Crippen molar-refractivity contribution in [1.82, 2.24) is 14.9 Å². The van der Waals surface area contributed by atoms with Gasteiger partial charge < -0.3 is 10.2 Å². The minimum atomic E-state index is -3.88. The molecule has 1 unspecified atom stereocenters. The van der Waals surface area contributed by atoms with E-state index in [1.807, 2.05) is 13.8 Å². The van der Waals surface area contributed by atoms with Gasteiger partial charge in [-0.2, -0.15) is 0 Å². The molecule has 1 saturated heterocycles. The predicted molar refractivity (Wildman–Crippen MR) is 113 cm³/mol. The first kappa shape index (κ1) is 23.6. The van der Waals surface area contributed by atoms with E-state index in [1.54, 1.807) is 25.7 Å². The van der Waals surface area contributed by atoms with E-state index in [9.17, 15) is 18.0 Å². The summed E-state index contributed by atoms with van der Waals surface area (Å²) < 4.78 is 27.9. The summed E-state index contributed by atoms with van der Waals surface area (Å²) in [5.41, 5.74) is -0.434. The molecule has 1 atom stereocenters. The van der Waals surface area contributed by atoms with Crippen LogP contribution >= 0.6 is 11.6 Å². The Morgan fingerprint density at radius 3 is 2.48 bits per heavy atom. The number of benzene rings is 1. The smallest absolute Gasteiger partial charge is 0.253 e. The summed E-state index contributed by atoms with van der Waals surface area (Å²) in [5.74, 6) is -0.449. The maximum absolute atomic E-state index is 13.0. The molecule has 0 saturated carbocycles. The van der Waals surface area contributed by atoms with Crippen molar-refractivity contribution in [3.63, 3.8) is 0 Å². The van der Waals surface area contributed by atoms with Gasteiger partial charge >= 0.3 is 0 Å². The number of carbonyl (C=O) groups excluding carboxylic acids is 2. The van der Waals surface area contributed by atoms with E-state index in [0.717, 1.165) is 12.8 Å². The maximum Gasteiger partial charge on any atom is 0.253 e. The number of carbonyl (C=O) groups is 2. The summed E-state index contributed by atoms with van der Waals surface area (Å²) in [7, 11) is -3.88. The van der Waals surface area contributed by atoms with Crippen molar-refractivity contribution in [2.45, 2.75) is 63.9 Å². The summed E-state index contributed by atoms with van der Waals surface area (Å²) in [6.07, 6.45) is 1.57. The lowest BCUT2D eigenvalue weighted by Crippen LogP contribution is -2.50. The standard InChI is InChI=1S/C20H30ClN3O4S/c1-13(2)18(25)22-15-7-6-10-24(12-15)19(26)14-8-9-16(21)17(11-14)29(27,28)23-20(3,4)5/h8-9,11,13,15,23H,6-7,10,12H2,1-5H3,(H,22,25). The average molecular weight is 444 g/mol. The topological polar surface area (TPSA) is 95.6 Å². The van der Waals surface area contributed by atoms with E-state index < -0.39 is 15.6 Å². The first-order chi connectivity index (χ1) is 13.3. The molecule has 1 heterocycles. The Morgan fingerprint density at radius 2 is 1.90 bits per heavy atom. The van der Waals surface area contributed by atoms with E-state index in [2.05, 4.69) is 10.0 Å². The Balaban J connectivity index is 2.22. The highest BCUT2D eigenvalue weighted by atomic mass is 35.5. The Labute approximate surface area is 178 Å². The predicted octanol–water partition coefficient (Wildman–Crippen LogP) is 2.79. The minimum Gasteiger partial charge on any atom is -0.351 e. The van der Waals surface area contributed by atoms with Crippen LogP contribution in [-0.4, -0.2) is 49.8 Å². The van der Waals surface area contributed by atoms with Crippen molar-refractivity contribution in [2.24, 2.45) is 5.92 Å². The van der Waals surface area contributed by atoms with Crippen molar-refractivity contribution in [2.75, 3.05) is 13.1 Å². The van der Waals surface area contributed by atoms with Crippen LogP contribution in [0.1, 0.15) is 57.8 Å². The number of rotatable bonds is 5. The van der Waals surface area contributed by atoms with Crippen LogP contribution in [-0.2, 0) is 14.8 Å². The fourth-order valence-electron chi connectivity index (χ4n) is 3.13. The number of sulfonamides is 1. The number of halogens is 1. The molecule has 0 spiro atoms. The third-order valence-electron chi connectivity index (χ3n) is 4.49. The monoisotopic (exact) mass is 443 g/mol. The van der Waals surface area contributed by atoms with Crippen molar-refractivity contribution in [3.8, 4) is 0 Å². The maximum atomic E-state index is 13.0. The summed E-state index contributed by atoms with van der Waals surface area (Å²) in [6, 6.07) is 4.15. The van der Waals surface area contributed by atoms with Gasteiger partial charge in [0.05, 0.1) is 5.02 Å². The molecule has 1 fully saturated rings. The Hall–Kier alpha value is -1.64. The number of nitrogens with one attached hydrogen (secondary N) is 2. The van der Waals surface area contributed by atoms with Crippen molar-refractivity contribution < 1.29 is 18.0 Å². The summed E-state index contributed by atoms with van der Waals surface area (Å²) in [6.45, 7) is 9.77. The second-order valence-corrected chi connectivity index (χ2v) is 10.8. The third-order valence-corrected chi connectivity index (χ3v) is 6.73. The van der Waals surface area contributed by atoms with Gasteiger partial charge in [-0.1, -0.05) is 25.4 Å². The van der Waals surface area contributed by atoms with Crippen LogP contribution in [0.25, 0.3) is 0 Å². The van der Waals surface area contributed by atoms with Crippen LogP contribution in [0.5, 0.6) is 0 Å². The molecule has 0 bridgehead atoms. The highest BCUT2D eigenvalue weighted by Gasteiger charge is 2.29. The largest absolute Gasteiger partial charge is 0.351 e. The molecule has 1 aliphatic heterocycles. The molecule has 1 aliphatic rings. The molecule has 2 amide bonds. The first-order valence-corrected chi connectivity index (χ1v) is 11.6. The van der Waals surface area contributed by atoms with E-state index >= 15 is 0 Å². The van der Waals surface area contributed by atoms with Crippen LogP contribution in [0.2, 0.25) is 5.02 Å². The van der Waals surface area contributed by atoms with Crippen LogP contribution in [0.4, 0.5) is 0 Å². The zero-order valence-corrected chi connectivity index (χ0v) is 19.2. The lowest BCUT2D eigenvalue weighted by atomic mass is 10.0. The first-order valence-electron chi connectivity index (χ1n) is 9.73. The molecule has 1 aromatic carbocycles. The van der Waals surface area contributed by atoms with Gasteiger partial charge in [-0.3, -0.25) is 9.59 Å². The normalized spacial score (nSPS) is 18.0. The number of hydrogen-bond donors (Lipinski definition) is 2. The molecule has 7 nitrogen and oxygen atoms in total. The van der Waals surface area contributed by atoms with Crippen molar-refractivity contribution in [1.29, 1.82) is 0 Å². The summed E-state index contributed by atoms with van der Waals surface area (Å²) >= 11 is 6.12. The van der Waals surface area contributed by atoms with Gasteiger partial charge in [0.25, 0.3) is 5.91 Å². The SMILES string of the molecule is CC(C)C(=O)NC1CCCN(C(=O)c2ccc(Cl)c(S(=O)(=O)NC(C)(C)C)c2)C1. The molecule has 162 valence electrons. The van der Waals surface area contributed by atoms with E-state index in [4.69, 9.17) is 11.6 Å². The van der Waals surface area contributed by atoms with Gasteiger partial charge in [-0.25, -0.2) is 13.1 Å². The Morgan fingerprint density at radius 1 is 1.24 bits per heavy atom. The van der Waals surface area contributed by atoms with E-state index in [0.29, 0.717) is 13.1 Å². The van der Waals surface area contributed by atoms with Crippen LogP contribution in [0.3, 0.4) is 0 Å². The molecule has 29 heavy (non-hydrogen) atoms. The highest BCUT2D eigenvalue weighted by molar-refractivity contribution is 7.89. The Kier molecular flexibility index (Phi) is 7.35. The fourth-order valence-corrected chi connectivity index (χ4v) is 5.08. The number of likely N-dealkylation sites (tertiary alicyclic amines) is 1. The number of piperidine rings is 1. The molecule has 0 radical (unpaired) electrons. The molecular formula is C20H30ClN3O4S. The highest BCUT2D eigenvalue weighted by Crippen LogP contribution is 2.25. The molecular weight excluding hydrogens is 414 g/mol. The summed E-state index contributed by atoms with van der Waals surface area (Å²) in [4.78, 5) is 26.5. The quantitative estimate of drug-likeness (QED) is 0.731. The van der Waals surface area contributed by atoms with Gasteiger partial charge in [0, 0.05) is 36.2 Å². The zero-order chi connectivity index (χ0) is 22.0. The molecule has 0 aliphatic carbocycles. The number of hydrogen-bond acceptors (Lipinski definition) is 4. The Bertz CT molecular complexity index is 878. The second-order valence-electron chi connectivity index (χ2n) is 8.75. The van der Waals surface area contributed by atoms with Crippen LogP contribution < -0.4 is 10.0 Å². The minimum absolute atomic E-state index is 0.0440. The zero-order valence-electron chi connectivity index (χ0n) is 17.6. The van der Waals surface area contributed by atoms with Gasteiger partial charge in [-0.05, 0) is 51.8 Å². The second kappa shape index (κ2) is 9.02. The fraction of sp³-hybridized carbons (Fsp3) is 0.600. The average Bonchev–Trinajstić information content (AvgIpc) is 2.59. The van der Waals surface area contributed by atoms with Crippen molar-refractivity contribution in [3.05, 3.63) is 28.8 Å². The molecule has 1 aromatic rings. The lowest BCUT2D eigenvalue weighted by Gasteiger charge is -2.33. The molecule has 2 N–H and O–H groups in total. The summed E-state index contributed by atoms with van der Waals surface area (Å²) in [5, 5.41) is 3.02. The van der Waals surface area contributed by atoms with Gasteiger partial charge in [0.1, 0.15) is 4.90 Å². The van der Waals surface area contributed by atoms with Crippen molar-refractivity contribution >= 4 is 33.4 Å². The van der Waals surface area contributed by atoms with Gasteiger partial charge in [0.15, 0.2) is 0 Å². The van der Waals surface area contributed by atoms with E-state index in [1.165, 1.54) is 18.2 Å². The number of nitrogens with zero attached hydrogens (tertiary/aromatic N) is 1. The van der Waals surface area contributed by atoms with Crippen LogP contribution in [0.15, 0.2) is 23.1 Å².